The lowest BCUT2D eigenvalue weighted by molar-refractivity contribution is -0.139. The SMILES string of the molecule is CCN(CC)S(=O)(=O)c1ccc(C(=O)NCC(=O)NN2C(=O)NC3(CCCCC3)C2=O)cc1. The maximum atomic E-state index is 12.7. The first-order valence-electron chi connectivity index (χ1n) is 11.0. The number of urea groups is 1. The molecule has 1 heterocycles. The van der Waals surface area contributed by atoms with E-state index < -0.39 is 45.9 Å². The normalized spacial score (nSPS) is 17.8. The van der Waals surface area contributed by atoms with Gasteiger partial charge in [0.25, 0.3) is 17.7 Å². The van der Waals surface area contributed by atoms with Crippen LogP contribution in [0.2, 0.25) is 0 Å². The zero-order valence-electron chi connectivity index (χ0n) is 18.7. The monoisotopic (exact) mass is 479 g/mol. The molecular formula is C21H29N5O6S. The minimum atomic E-state index is -3.64. The van der Waals surface area contributed by atoms with Gasteiger partial charge in [0.05, 0.1) is 11.4 Å². The van der Waals surface area contributed by atoms with Gasteiger partial charge in [-0.05, 0) is 37.1 Å². The molecule has 0 bridgehead atoms. The molecular weight excluding hydrogens is 450 g/mol. The van der Waals surface area contributed by atoms with Crippen LogP contribution < -0.4 is 16.1 Å². The molecule has 2 aliphatic rings. The third-order valence-electron chi connectivity index (χ3n) is 5.97. The Bertz CT molecular complexity index is 1030. The van der Waals surface area contributed by atoms with Gasteiger partial charge in [0.2, 0.25) is 10.0 Å². The van der Waals surface area contributed by atoms with Gasteiger partial charge in [0.1, 0.15) is 5.54 Å². The van der Waals surface area contributed by atoms with Crippen molar-refractivity contribution in [2.45, 2.75) is 56.4 Å². The predicted octanol–water partition coefficient (Wildman–Crippen LogP) is 0.733. The maximum Gasteiger partial charge on any atom is 0.344 e. The summed E-state index contributed by atoms with van der Waals surface area (Å²) in [5.41, 5.74) is 1.45. The lowest BCUT2D eigenvalue weighted by atomic mass is 9.82. The van der Waals surface area contributed by atoms with Crippen molar-refractivity contribution in [3.05, 3.63) is 29.8 Å². The van der Waals surface area contributed by atoms with E-state index in [1.54, 1.807) is 13.8 Å². The number of rotatable bonds is 8. The van der Waals surface area contributed by atoms with Crippen molar-refractivity contribution in [3.63, 3.8) is 0 Å². The van der Waals surface area contributed by atoms with E-state index in [2.05, 4.69) is 16.1 Å². The summed E-state index contributed by atoms with van der Waals surface area (Å²) in [5, 5.41) is 5.75. The van der Waals surface area contributed by atoms with E-state index >= 15 is 0 Å². The van der Waals surface area contributed by atoms with E-state index in [1.807, 2.05) is 0 Å². The van der Waals surface area contributed by atoms with E-state index in [0.29, 0.717) is 30.9 Å². The first-order valence-corrected chi connectivity index (χ1v) is 12.4. The Morgan fingerprint density at radius 1 is 1.06 bits per heavy atom. The molecule has 1 spiro atoms. The van der Waals surface area contributed by atoms with Crippen LogP contribution in [-0.4, -0.2) is 66.7 Å². The Morgan fingerprint density at radius 3 is 2.24 bits per heavy atom. The first kappa shape index (κ1) is 24.6. The van der Waals surface area contributed by atoms with Gasteiger partial charge in [-0.1, -0.05) is 33.1 Å². The highest BCUT2D eigenvalue weighted by Gasteiger charge is 2.52. The zero-order chi connectivity index (χ0) is 24.2. The third-order valence-corrected chi connectivity index (χ3v) is 8.04. The van der Waals surface area contributed by atoms with Gasteiger partial charge in [-0.2, -0.15) is 9.31 Å². The number of benzene rings is 1. The number of hydrogen-bond acceptors (Lipinski definition) is 6. The van der Waals surface area contributed by atoms with Crippen LogP contribution in [0, 0.1) is 0 Å². The average molecular weight is 480 g/mol. The topological polar surface area (TPSA) is 145 Å². The van der Waals surface area contributed by atoms with Crippen molar-refractivity contribution in [3.8, 4) is 0 Å². The Balaban J connectivity index is 1.56. The van der Waals surface area contributed by atoms with Crippen LogP contribution >= 0.6 is 0 Å². The molecule has 1 aromatic rings. The van der Waals surface area contributed by atoms with Crippen LogP contribution in [0.3, 0.4) is 0 Å². The van der Waals surface area contributed by atoms with Gasteiger partial charge in [-0.3, -0.25) is 19.8 Å². The summed E-state index contributed by atoms with van der Waals surface area (Å²) < 4.78 is 26.4. The molecule has 1 saturated carbocycles. The third kappa shape index (κ3) is 5.01. The van der Waals surface area contributed by atoms with Gasteiger partial charge >= 0.3 is 6.03 Å². The molecule has 3 rings (SSSR count). The smallest absolute Gasteiger partial charge is 0.343 e. The molecule has 0 radical (unpaired) electrons. The van der Waals surface area contributed by atoms with Gasteiger partial charge < -0.3 is 10.6 Å². The molecule has 0 aromatic heterocycles. The molecule has 33 heavy (non-hydrogen) atoms. The second kappa shape index (κ2) is 9.87. The number of imide groups is 1. The van der Waals surface area contributed by atoms with Crippen LogP contribution in [0.1, 0.15) is 56.3 Å². The number of hydrazine groups is 1. The lowest BCUT2D eigenvalue weighted by Gasteiger charge is -2.30. The molecule has 12 heteroatoms. The van der Waals surface area contributed by atoms with Crippen LogP contribution in [0.5, 0.6) is 0 Å². The van der Waals surface area contributed by atoms with Crippen LogP contribution in [-0.2, 0) is 19.6 Å². The largest absolute Gasteiger partial charge is 0.344 e. The summed E-state index contributed by atoms with van der Waals surface area (Å²) in [5.74, 6) is -1.82. The first-order chi connectivity index (χ1) is 15.6. The minimum absolute atomic E-state index is 0.0655. The zero-order valence-corrected chi connectivity index (χ0v) is 19.5. The molecule has 1 aromatic carbocycles. The molecule has 1 aliphatic heterocycles. The molecule has 0 atom stereocenters. The number of nitrogens with one attached hydrogen (secondary N) is 3. The van der Waals surface area contributed by atoms with Crippen LogP contribution in [0.25, 0.3) is 0 Å². The molecule has 5 amide bonds. The van der Waals surface area contributed by atoms with Gasteiger partial charge in [0, 0.05) is 18.7 Å². The molecule has 0 unspecified atom stereocenters. The van der Waals surface area contributed by atoms with Crippen molar-refractivity contribution < 1.29 is 27.6 Å². The summed E-state index contributed by atoms with van der Waals surface area (Å²) >= 11 is 0. The van der Waals surface area contributed by atoms with Crippen molar-refractivity contribution in [1.29, 1.82) is 0 Å². The van der Waals surface area contributed by atoms with E-state index in [4.69, 9.17) is 0 Å². The number of carbonyl (C=O) groups is 4. The summed E-state index contributed by atoms with van der Waals surface area (Å²) in [6.45, 7) is 3.66. The van der Waals surface area contributed by atoms with Crippen LogP contribution in [0.4, 0.5) is 4.79 Å². The average Bonchev–Trinajstić information content (AvgIpc) is 3.02. The van der Waals surface area contributed by atoms with Crippen molar-refractivity contribution in [1.82, 2.24) is 25.4 Å². The molecule has 1 aliphatic carbocycles. The number of hydrogen-bond donors (Lipinski definition) is 3. The Morgan fingerprint density at radius 2 is 1.67 bits per heavy atom. The van der Waals surface area contributed by atoms with E-state index in [0.717, 1.165) is 19.3 Å². The molecule has 11 nitrogen and oxygen atoms in total. The summed E-state index contributed by atoms with van der Waals surface area (Å²) in [7, 11) is -3.64. The summed E-state index contributed by atoms with van der Waals surface area (Å²) in [6.07, 6.45) is 3.69. The standard InChI is InChI=1S/C21H29N5O6S/c1-3-25(4-2)33(31,32)16-10-8-15(9-11-16)18(28)22-14-17(27)24-26-19(29)21(23-20(26)30)12-6-5-7-13-21/h8-11H,3-7,12-14H2,1-2H3,(H,22,28)(H,23,30)(H,24,27). The van der Waals surface area contributed by atoms with Crippen molar-refractivity contribution in [2.24, 2.45) is 0 Å². The number of sulfonamides is 1. The fraction of sp³-hybridized carbons (Fsp3) is 0.524. The van der Waals surface area contributed by atoms with Gasteiger partial charge in [-0.15, -0.1) is 0 Å². The quantitative estimate of drug-likeness (QED) is 0.469. The summed E-state index contributed by atoms with van der Waals surface area (Å²) in [6, 6.07) is 4.69. The second-order valence-corrected chi connectivity index (χ2v) is 9.98. The maximum absolute atomic E-state index is 12.7. The van der Waals surface area contributed by atoms with E-state index in [9.17, 15) is 27.6 Å². The van der Waals surface area contributed by atoms with Gasteiger partial charge in [0.15, 0.2) is 0 Å². The summed E-state index contributed by atoms with van der Waals surface area (Å²) in [4.78, 5) is 49.5. The fourth-order valence-corrected chi connectivity index (χ4v) is 5.59. The fourth-order valence-electron chi connectivity index (χ4n) is 4.13. The molecule has 2 fully saturated rings. The molecule has 1 saturated heterocycles. The van der Waals surface area contributed by atoms with Crippen LogP contribution in [0.15, 0.2) is 29.2 Å². The second-order valence-electron chi connectivity index (χ2n) is 8.04. The molecule has 180 valence electrons. The Kier molecular flexibility index (Phi) is 7.38. The van der Waals surface area contributed by atoms with Crippen molar-refractivity contribution in [2.75, 3.05) is 19.6 Å². The minimum Gasteiger partial charge on any atom is -0.343 e. The number of carbonyl (C=O) groups excluding carboxylic acids is 4. The van der Waals surface area contributed by atoms with E-state index in [1.165, 1.54) is 28.6 Å². The Hall–Kier alpha value is -2.99. The highest BCUT2D eigenvalue weighted by atomic mass is 32.2. The number of nitrogens with zero attached hydrogens (tertiary/aromatic N) is 2. The predicted molar refractivity (Wildman–Crippen MR) is 118 cm³/mol. The number of amides is 5. The lowest BCUT2D eigenvalue weighted by Crippen LogP contribution is -2.52. The highest BCUT2D eigenvalue weighted by molar-refractivity contribution is 7.89. The molecule has 3 N–H and O–H groups in total. The van der Waals surface area contributed by atoms with E-state index in [-0.39, 0.29) is 10.5 Å². The highest BCUT2D eigenvalue weighted by Crippen LogP contribution is 2.32. The van der Waals surface area contributed by atoms with Gasteiger partial charge in [-0.25, -0.2) is 13.2 Å². The van der Waals surface area contributed by atoms with Crippen molar-refractivity contribution >= 4 is 33.8 Å². The Labute approximate surface area is 192 Å².